The monoisotopic (exact) mass is 526 g/mol. The zero-order valence-electron chi connectivity index (χ0n) is 22.2. The predicted molar refractivity (Wildman–Crippen MR) is 139 cm³/mol. The Bertz CT molecular complexity index is 886. The lowest BCUT2D eigenvalue weighted by atomic mass is 10.0. The van der Waals surface area contributed by atoms with Crippen molar-refractivity contribution in [1.82, 2.24) is 9.55 Å². The molecule has 1 aliphatic rings. The topological polar surface area (TPSA) is 151 Å². The van der Waals surface area contributed by atoms with Crippen LogP contribution in [0, 0.1) is 0 Å². The molecule has 0 amide bonds. The first-order valence-electron chi connectivity index (χ1n) is 14.0. The van der Waals surface area contributed by atoms with Crippen LogP contribution in [0.15, 0.2) is 21.9 Å². The molecule has 0 spiro atoms. The van der Waals surface area contributed by atoms with Crippen LogP contribution in [-0.2, 0) is 14.3 Å². The summed E-state index contributed by atoms with van der Waals surface area (Å²) in [5, 5.41) is 30.2. The molecule has 37 heavy (non-hydrogen) atoms. The minimum Gasteiger partial charge on any atom is -0.457 e. The van der Waals surface area contributed by atoms with E-state index < -0.39 is 48.4 Å². The van der Waals surface area contributed by atoms with Gasteiger partial charge in [0.05, 0.1) is 12.7 Å². The largest absolute Gasteiger partial charge is 0.457 e. The number of carbonyl (C=O) groups excluding carboxylic acids is 1. The van der Waals surface area contributed by atoms with Gasteiger partial charge < -0.3 is 24.8 Å². The number of unbranched alkanes of at least 4 members (excludes halogenated alkanes) is 10. The lowest BCUT2D eigenvalue weighted by molar-refractivity contribution is -0.156. The van der Waals surface area contributed by atoms with Crippen LogP contribution < -0.4 is 11.2 Å². The number of H-pyrrole nitrogens is 1. The smallest absolute Gasteiger partial charge is 0.330 e. The molecular weight excluding hydrogens is 480 g/mol. The van der Waals surface area contributed by atoms with Crippen LogP contribution in [0.3, 0.4) is 0 Å². The number of aromatic amines is 1. The SMILES string of the molecule is CCCCCCC(O)CCCCCCCCCCC(=O)O[C@H]1[C@@H](O)[C@H](n2ccc(=O)[nH]c2=O)O[C@@H]1CO. The molecule has 1 aliphatic heterocycles. The molecule has 1 saturated heterocycles. The second-order valence-electron chi connectivity index (χ2n) is 10.1. The predicted octanol–water partition coefficient (Wildman–Crippen LogP) is 2.93. The molecule has 2 heterocycles. The van der Waals surface area contributed by atoms with Crippen LogP contribution in [0.5, 0.6) is 0 Å². The number of rotatable bonds is 19. The van der Waals surface area contributed by atoms with E-state index in [4.69, 9.17) is 9.47 Å². The van der Waals surface area contributed by atoms with Crippen molar-refractivity contribution >= 4 is 5.97 Å². The first-order chi connectivity index (χ1) is 17.9. The fraction of sp³-hybridized carbons (Fsp3) is 0.815. The third kappa shape index (κ3) is 11.1. The molecule has 5 atom stereocenters. The number of nitrogens with one attached hydrogen (secondary N) is 1. The summed E-state index contributed by atoms with van der Waals surface area (Å²) < 4.78 is 11.9. The van der Waals surface area contributed by atoms with E-state index in [2.05, 4.69) is 11.9 Å². The number of esters is 1. The van der Waals surface area contributed by atoms with Crippen LogP contribution in [-0.4, -0.2) is 61.9 Å². The Morgan fingerprint density at radius 2 is 1.62 bits per heavy atom. The van der Waals surface area contributed by atoms with Crippen LogP contribution in [0.4, 0.5) is 0 Å². The van der Waals surface area contributed by atoms with Gasteiger partial charge in [-0.1, -0.05) is 77.6 Å². The molecule has 4 N–H and O–H groups in total. The summed E-state index contributed by atoms with van der Waals surface area (Å²) in [6.07, 6.45) is 11.4. The highest BCUT2D eigenvalue weighted by Gasteiger charge is 2.47. The molecule has 212 valence electrons. The van der Waals surface area contributed by atoms with E-state index in [0.29, 0.717) is 6.42 Å². The molecule has 0 saturated carbocycles. The number of hydrogen-bond donors (Lipinski definition) is 4. The zero-order chi connectivity index (χ0) is 27.0. The first kappa shape index (κ1) is 31.2. The third-order valence-corrected chi connectivity index (χ3v) is 6.94. The van der Waals surface area contributed by atoms with E-state index in [1.807, 2.05) is 0 Å². The standard InChI is InChI=1S/C27H46N2O8/c1-2-3-4-11-14-20(31)15-12-9-7-5-6-8-10-13-16-23(33)37-25-21(19-30)36-26(24(25)34)29-18-17-22(32)28-27(29)35/h17-18,20-21,24-26,30-31,34H,2-16,19H2,1H3,(H,28,32,35)/t20?,21-,24-,25-,26-/m1/s1. The molecule has 2 rings (SSSR count). The van der Waals surface area contributed by atoms with Crippen LogP contribution in [0.2, 0.25) is 0 Å². The van der Waals surface area contributed by atoms with Crippen LogP contribution >= 0.6 is 0 Å². The molecule has 10 heteroatoms. The Balaban J connectivity index is 1.56. The van der Waals surface area contributed by atoms with Gasteiger partial charge in [0.2, 0.25) is 0 Å². The zero-order valence-corrected chi connectivity index (χ0v) is 22.2. The molecule has 1 aromatic rings. The minimum atomic E-state index is -1.37. The molecule has 0 bridgehead atoms. The average Bonchev–Trinajstić information content (AvgIpc) is 3.17. The maximum absolute atomic E-state index is 12.3. The summed E-state index contributed by atoms with van der Waals surface area (Å²) in [7, 11) is 0. The van der Waals surface area contributed by atoms with Gasteiger partial charge in [0.1, 0.15) is 12.2 Å². The number of nitrogens with zero attached hydrogens (tertiary/aromatic N) is 1. The van der Waals surface area contributed by atoms with Crippen molar-refractivity contribution in [3.05, 3.63) is 33.1 Å². The fourth-order valence-corrected chi connectivity index (χ4v) is 4.74. The highest BCUT2D eigenvalue weighted by molar-refractivity contribution is 5.69. The summed E-state index contributed by atoms with van der Waals surface area (Å²) >= 11 is 0. The Kier molecular flexibility index (Phi) is 14.8. The van der Waals surface area contributed by atoms with E-state index in [0.717, 1.165) is 74.8 Å². The third-order valence-electron chi connectivity index (χ3n) is 6.94. The summed E-state index contributed by atoms with van der Waals surface area (Å²) in [5.74, 6) is -0.492. The Hall–Kier alpha value is -2.01. The molecule has 1 aromatic heterocycles. The van der Waals surface area contributed by atoms with Crippen molar-refractivity contribution < 1.29 is 29.6 Å². The maximum atomic E-state index is 12.3. The molecule has 1 fully saturated rings. The van der Waals surface area contributed by atoms with Gasteiger partial charge in [0.25, 0.3) is 5.56 Å². The number of carbonyl (C=O) groups is 1. The number of aliphatic hydroxyl groups is 3. The highest BCUT2D eigenvalue weighted by Crippen LogP contribution is 2.30. The molecule has 0 aliphatic carbocycles. The molecule has 0 aromatic carbocycles. The molecule has 10 nitrogen and oxygen atoms in total. The lowest BCUT2D eigenvalue weighted by Gasteiger charge is -2.20. The second kappa shape index (κ2) is 17.5. The van der Waals surface area contributed by atoms with Gasteiger partial charge in [-0.2, -0.15) is 0 Å². The lowest BCUT2D eigenvalue weighted by Crippen LogP contribution is -2.40. The normalized spacial score (nSPS) is 22.3. The fourth-order valence-electron chi connectivity index (χ4n) is 4.74. The second-order valence-corrected chi connectivity index (χ2v) is 10.1. The van der Waals surface area contributed by atoms with Gasteiger partial charge in [0, 0.05) is 18.7 Å². The summed E-state index contributed by atoms with van der Waals surface area (Å²) in [6.45, 7) is 1.69. The number of hydrogen-bond acceptors (Lipinski definition) is 8. The number of ether oxygens (including phenoxy) is 2. The number of aromatic nitrogens is 2. The molecular formula is C27H46N2O8. The van der Waals surface area contributed by atoms with Crippen molar-refractivity contribution in [3.8, 4) is 0 Å². The molecule has 1 unspecified atom stereocenters. The maximum Gasteiger partial charge on any atom is 0.330 e. The Labute approximate surface area is 219 Å². The van der Waals surface area contributed by atoms with Gasteiger partial charge >= 0.3 is 11.7 Å². The Morgan fingerprint density at radius 1 is 1.03 bits per heavy atom. The van der Waals surface area contributed by atoms with E-state index in [1.54, 1.807) is 0 Å². The van der Waals surface area contributed by atoms with Gasteiger partial charge in [-0.05, 0) is 19.3 Å². The van der Waals surface area contributed by atoms with E-state index in [-0.39, 0.29) is 12.5 Å². The summed E-state index contributed by atoms with van der Waals surface area (Å²) in [6, 6.07) is 1.12. The van der Waals surface area contributed by atoms with Crippen molar-refractivity contribution in [2.45, 2.75) is 134 Å². The first-order valence-corrected chi connectivity index (χ1v) is 14.0. The van der Waals surface area contributed by atoms with E-state index in [9.17, 15) is 29.7 Å². The van der Waals surface area contributed by atoms with Gasteiger partial charge in [0.15, 0.2) is 12.3 Å². The number of aliphatic hydroxyl groups excluding tert-OH is 3. The summed E-state index contributed by atoms with van der Waals surface area (Å²) in [5.41, 5.74) is -1.35. The average molecular weight is 527 g/mol. The molecule has 0 radical (unpaired) electrons. The van der Waals surface area contributed by atoms with Crippen LogP contribution in [0.25, 0.3) is 0 Å². The minimum absolute atomic E-state index is 0.154. The van der Waals surface area contributed by atoms with Gasteiger partial charge in [-0.3, -0.25) is 19.1 Å². The Morgan fingerprint density at radius 3 is 2.22 bits per heavy atom. The van der Waals surface area contributed by atoms with E-state index in [1.165, 1.54) is 25.5 Å². The van der Waals surface area contributed by atoms with Gasteiger partial charge in [-0.25, -0.2) is 4.79 Å². The van der Waals surface area contributed by atoms with Crippen LogP contribution in [0.1, 0.15) is 109 Å². The van der Waals surface area contributed by atoms with Crippen molar-refractivity contribution in [2.24, 2.45) is 0 Å². The summed E-state index contributed by atoms with van der Waals surface area (Å²) in [4.78, 5) is 37.7. The highest BCUT2D eigenvalue weighted by atomic mass is 16.6. The van der Waals surface area contributed by atoms with Crippen molar-refractivity contribution in [1.29, 1.82) is 0 Å². The van der Waals surface area contributed by atoms with E-state index >= 15 is 0 Å². The van der Waals surface area contributed by atoms with Crippen molar-refractivity contribution in [3.63, 3.8) is 0 Å². The van der Waals surface area contributed by atoms with Gasteiger partial charge in [-0.15, -0.1) is 0 Å². The quantitative estimate of drug-likeness (QED) is 0.159. The van der Waals surface area contributed by atoms with Crippen molar-refractivity contribution in [2.75, 3.05) is 6.61 Å².